The number of para-hydroxylation sites is 3. The number of rotatable bonds is 5. The maximum absolute atomic E-state index is 6.36. The fourth-order valence-corrected chi connectivity index (χ4v) is 6.17. The van der Waals surface area contributed by atoms with Gasteiger partial charge >= 0.3 is 0 Å². The van der Waals surface area contributed by atoms with Crippen LogP contribution in [0.4, 0.5) is 22.9 Å². The Labute approximate surface area is 258 Å². The molecule has 2 aliphatic heterocycles. The van der Waals surface area contributed by atoms with Crippen molar-refractivity contribution in [3.8, 4) is 17.2 Å². The van der Waals surface area contributed by atoms with Gasteiger partial charge in [0.1, 0.15) is 0 Å². The molecule has 8 nitrogen and oxygen atoms in total. The van der Waals surface area contributed by atoms with Gasteiger partial charge in [0, 0.05) is 21.3 Å². The van der Waals surface area contributed by atoms with E-state index in [1.807, 2.05) is 72.3 Å². The minimum absolute atomic E-state index is 0.323. The Morgan fingerprint density at radius 2 is 1.51 bits per heavy atom. The number of hydrogen-bond acceptors (Lipinski definition) is 7. The van der Waals surface area contributed by atoms with Crippen molar-refractivity contribution < 1.29 is 9.47 Å². The zero-order chi connectivity index (χ0) is 29.7. The molecule has 0 amide bonds. The Balaban J connectivity index is 1.50. The van der Waals surface area contributed by atoms with Crippen molar-refractivity contribution in [2.75, 3.05) is 24.4 Å². The fourth-order valence-electron chi connectivity index (χ4n) is 5.65. The predicted molar refractivity (Wildman–Crippen MR) is 173 cm³/mol. The third-order valence-corrected chi connectivity index (χ3v) is 7.92. The van der Waals surface area contributed by atoms with E-state index in [1.54, 1.807) is 32.4 Å². The molecule has 0 radical (unpaired) electrons. The van der Waals surface area contributed by atoms with Gasteiger partial charge in [-0.3, -0.25) is 0 Å². The van der Waals surface area contributed by atoms with Gasteiger partial charge < -0.3 is 19.7 Å². The van der Waals surface area contributed by atoms with Crippen LogP contribution in [0.1, 0.15) is 22.9 Å². The van der Waals surface area contributed by atoms with Crippen molar-refractivity contribution in [1.29, 1.82) is 0 Å². The Kier molecular flexibility index (Phi) is 6.80. The van der Waals surface area contributed by atoms with Crippen molar-refractivity contribution in [1.82, 2.24) is 9.78 Å². The third-order valence-electron chi connectivity index (χ3n) is 7.49. The molecule has 0 unspecified atom stereocenters. The topological polar surface area (TPSA) is 76.3 Å². The highest BCUT2D eigenvalue weighted by molar-refractivity contribution is 6.52. The number of methoxy groups -OCH3 is 2. The predicted octanol–water partition coefficient (Wildman–Crippen LogP) is 8.30. The average molecular weight is 610 g/mol. The summed E-state index contributed by atoms with van der Waals surface area (Å²) in [5.74, 6) is 3.16. The van der Waals surface area contributed by atoms with Crippen LogP contribution >= 0.6 is 23.2 Å². The van der Waals surface area contributed by atoms with Crippen LogP contribution in [0.2, 0.25) is 10.0 Å². The Morgan fingerprint density at radius 3 is 2.26 bits per heavy atom. The summed E-state index contributed by atoms with van der Waals surface area (Å²) in [6, 6.07) is 29.0. The van der Waals surface area contributed by atoms with Crippen LogP contribution in [-0.2, 0) is 0 Å². The zero-order valence-corrected chi connectivity index (χ0v) is 25.1. The number of benzene rings is 4. The Bertz CT molecular complexity index is 1920. The molecule has 0 saturated carbocycles. The number of aryl methyl sites for hydroxylation is 1. The Morgan fingerprint density at radius 1 is 0.791 bits per heavy atom. The molecule has 0 fully saturated rings. The first kappa shape index (κ1) is 27.1. The molecule has 43 heavy (non-hydrogen) atoms. The highest BCUT2D eigenvalue weighted by Crippen LogP contribution is 2.49. The summed E-state index contributed by atoms with van der Waals surface area (Å²) >= 11 is 12.7. The molecule has 7 rings (SSSR count). The van der Waals surface area contributed by atoms with E-state index in [2.05, 4.69) is 22.3 Å². The van der Waals surface area contributed by atoms with Gasteiger partial charge in [-0.05, 0) is 67.1 Å². The molecule has 1 aromatic heterocycles. The molecule has 1 N–H and O–H groups in total. The monoisotopic (exact) mass is 608 g/mol. The normalized spacial score (nSPS) is 15.1. The van der Waals surface area contributed by atoms with E-state index in [4.69, 9.17) is 47.8 Å². The molecule has 10 heteroatoms. The van der Waals surface area contributed by atoms with E-state index in [9.17, 15) is 0 Å². The Hall–Kier alpha value is -4.79. The minimum atomic E-state index is -0.323. The van der Waals surface area contributed by atoms with Gasteiger partial charge in [-0.15, -0.1) is 0 Å². The lowest BCUT2D eigenvalue weighted by Crippen LogP contribution is -2.46. The summed E-state index contributed by atoms with van der Waals surface area (Å²) in [5, 5.41) is 9.46. The van der Waals surface area contributed by atoms with Gasteiger partial charge in [0.15, 0.2) is 29.0 Å². The van der Waals surface area contributed by atoms with Gasteiger partial charge in [-0.25, -0.2) is 14.7 Å². The smallest absolute Gasteiger partial charge is 0.179 e. The molecule has 1 atom stereocenters. The number of nitrogens with zero attached hydrogens (tertiary/aromatic N) is 5. The van der Waals surface area contributed by atoms with Crippen molar-refractivity contribution in [3.05, 3.63) is 118 Å². The van der Waals surface area contributed by atoms with Crippen LogP contribution in [-0.4, -0.2) is 35.7 Å². The lowest BCUT2D eigenvalue weighted by molar-refractivity contribution is 0.354. The number of hydrogen-bond donors (Lipinski definition) is 1. The molecule has 0 saturated heterocycles. The van der Waals surface area contributed by atoms with Gasteiger partial charge in [-0.1, -0.05) is 59.6 Å². The SMILES string of the molecule is COc1ccc([C@@H]2c3c(C)nn(-c4ccccc4)c3N=C3C(Nc4cc(Cl)cc(Cl)c4)=Nc4ccccc4N32)cc1OC. The number of aliphatic imine (C=N–C) groups is 2. The molecule has 3 heterocycles. The van der Waals surface area contributed by atoms with E-state index in [0.717, 1.165) is 33.9 Å². The van der Waals surface area contributed by atoms with E-state index in [0.29, 0.717) is 44.7 Å². The molecule has 5 aromatic rings. The fraction of sp³-hybridized carbons (Fsp3) is 0.121. The van der Waals surface area contributed by atoms with E-state index in [-0.39, 0.29) is 6.04 Å². The largest absolute Gasteiger partial charge is 0.493 e. The summed E-state index contributed by atoms with van der Waals surface area (Å²) < 4.78 is 13.2. The molecule has 4 aromatic carbocycles. The van der Waals surface area contributed by atoms with E-state index >= 15 is 0 Å². The van der Waals surface area contributed by atoms with E-state index in [1.165, 1.54) is 0 Å². The van der Waals surface area contributed by atoms with Gasteiger partial charge in [0.25, 0.3) is 0 Å². The number of anilines is 2. The zero-order valence-electron chi connectivity index (χ0n) is 23.5. The van der Waals surface area contributed by atoms with Gasteiger partial charge in [-0.2, -0.15) is 5.10 Å². The van der Waals surface area contributed by atoms with Crippen molar-refractivity contribution in [2.45, 2.75) is 13.0 Å². The summed E-state index contributed by atoms with van der Waals surface area (Å²) in [6.07, 6.45) is 0. The molecule has 0 aliphatic carbocycles. The maximum atomic E-state index is 6.36. The molecular formula is C33H26Cl2N6O2. The lowest BCUT2D eigenvalue weighted by atomic mass is 9.93. The molecule has 214 valence electrons. The number of ether oxygens (including phenoxy) is 2. The van der Waals surface area contributed by atoms with Crippen LogP contribution in [0.5, 0.6) is 11.5 Å². The first-order valence-corrected chi connectivity index (χ1v) is 14.4. The van der Waals surface area contributed by atoms with Crippen molar-refractivity contribution in [3.63, 3.8) is 0 Å². The minimum Gasteiger partial charge on any atom is -0.493 e. The van der Waals surface area contributed by atoms with E-state index < -0.39 is 0 Å². The summed E-state index contributed by atoms with van der Waals surface area (Å²) in [6.45, 7) is 2.02. The summed E-state index contributed by atoms with van der Waals surface area (Å²) in [4.78, 5) is 12.5. The highest BCUT2D eigenvalue weighted by Gasteiger charge is 2.41. The standard InChI is InChI=1S/C33H26Cl2N6O2/c1-19-29-30(20-13-14-27(42-2)28(15-20)43-3)40-26-12-8-7-11-25(26)37-31(36-23-17-21(34)16-22(35)18-23)33(40)38-32(29)41(39-19)24-9-5-4-6-10-24/h4-18,30H,1-3H3,(H,36,37)/t30-/m1/s1. The highest BCUT2D eigenvalue weighted by atomic mass is 35.5. The van der Waals surface area contributed by atoms with Crippen LogP contribution in [0, 0.1) is 6.92 Å². The molecule has 0 bridgehead atoms. The molecule has 0 spiro atoms. The molecular weight excluding hydrogens is 583 g/mol. The first-order valence-electron chi connectivity index (χ1n) is 13.6. The second-order valence-corrected chi connectivity index (χ2v) is 11.0. The number of amidine groups is 2. The third kappa shape index (κ3) is 4.69. The number of aromatic nitrogens is 2. The second-order valence-electron chi connectivity index (χ2n) is 10.1. The second kappa shape index (κ2) is 10.8. The first-order chi connectivity index (χ1) is 20.9. The van der Waals surface area contributed by atoms with Crippen LogP contribution in [0.15, 0.2) is 101 Å². The van der Waals surface area contributed by atoms with Crippen molar-refractivity contribution in [2.24, 2.45) is 9.98 Å². The number of nitrogens with one attached hydrogen (secondary N) is 1. The number of fused-ring (bicyclic) bond motifs is 4. The lowest BCUT2D eigenvalue weighted by Gasteiger charge is -2.40. The quantitative estimate of drug-likeness (QED) is 0.217. The summed E-state index contributed by atoms with van der Waals surface area (Å²) in [7, 11) is 3.27. The van der Waals surface area contributed by atoms with Gasteiger partial charge in [0.05, 0.1) is 43.0 Å². The van der Waals surface area contributed by atoms with Crippen LogP contribution < -0.4 is 19.7 Å². The molecule has 2 aliphatic rings. The van der Waals surface area contributed by atoms with Gasteiger partial charge in [0.2, 0.25) is 0 Å². The van der Waals surface area contributed by atoms with Crippen molar-refractivity contribution >= 4 is 57.8 Å². The van der Waals surface area contributed by atoms with Crippen LogP contribution in [0.3, 0.4) is 0 Å². The summed E-state index contributed by atoms with van der Waals surface area (Å²) in [5.41, 5.74) is 6.11. The maximum Gasteiger partial charge on any atom is 0.179 e. The average Bonchev–Trinajstić information content (AvgIpc) is 3.35. The van der Waals surface area contributed by atoms with Crippen LogP contribution in [0.25, 0.3) is 5.69 Å². The number of halogens is 2.